The molecule has 1 N–H and O–H groups in total. The van der Waals surface area contributed by atoms with Gasteiger partial charge in [-0.1, -0.05) is 13.3 Å². The molecule has 1 unspecified atom stereocenters. The van der Waals surface area contributed by atoms with Crippen molar-refractivity contribution in [3.8, 4) is 0 Å². The van der Waals surface area contributed by atoms with Gasteiger partial charge in [0.2, 0.25) is 0 Å². The molecule has 0 spiro atoms. The van der Waals surface area contributed by atoms with E-state index in [1.807, 2.05) is 0 Å². The van der Waals surface area contributed by atoms with E-state index in [1.54, 1.807) is 7.11 Å². The Kier molecular flexibility index (Phi) is 4.53. The van der Waals surface area contributed by atoms with Crippen LogP contribution in [0.15, 0.2) is 6.07 Å². The molecule has 0 radical (unpaired) electrons. The summed E-state index contributed by atoms with van der Waals surface area (Å²) in [6.07, 6.45) is 4.58. The number of methoxy groups -OCH3 is 1. The van der Waals surface area contributed by atoms with Crippen molar-refractivity contribution in [3.05, 3.63) is 17.6 Å². The zero-order chi connectivity index (χ0) is 13.0. The number of anilines is 1. The maximum atomic E-state index is 5.51. The van der Waals surface area contributed by atoms with Gasteiger partial charge in [-0.25, -0.2) is 9.97 Å². The maximum absolute atomic E-state index is 5.51. The summed E-state index contributed by atoms with van der Waals surface area (Å²) in [6.45, 7) is 5.12. The van der Waals surface area contributed by atoms with Crippen molar-refractivity contribution in [2.75, 3.05) is 19.0 Å². The van der Waals surface area contributed by atoms with Crippen LogP contribution in [0.25, 0.3) is 0 Å². The SMILES string of the molecule is CCCC(OC)c1nc(NCC)cc(C2CC2)n1. The molecule has 0 saturated heterocycles. The first-order chi connectivity index (χ1) is 8.78. The highest BCUT2D eigenvalue weighted by atomic mass is 16.5. The number of ether oxygens (including phenoxy) is 1. The predicted octanol–water partition coefficient (Wildman–Crippen LogP) is 3.27. The lowest BCUT2D eigenvalue weighted by Crippen LogP contribution is -2.11. The topological polar surface area (TPSA) is 47.0 Å². The maximum Gasteiger partial charge on any atom is 0.159 e. The van der Waals surface area contributed by atoms with E-state index in [1.165, 1.54) is 18.5 Å². The normalized spacial score (nSPS) is 16.6. The van der Waals surface area contributed by atoms with Crippen molar-refractivity contribution in [3.63, 3.8) is 0 Å². The molecule has 4 nitrogen and oxygen atoms in total. The summed E-state index contributed by atoms with van der Waals surface area (Å²) in [6, 6.07) is 2.09. The minimum atomic E-state index is 0.0195. The van der Waals surface area contributed by atoms with E-state index < -0.39 is 0 Å². The second-order valence-electron chi connectivity index (χ2n) is 4.85. The molecule has 0 bridgehead atoms. The van der Waals surface area contributed by atoms with Gasteiger partial charge in [0, 0.05) is 31.3 Å². The number of hydrogen-bond donors (Lipinski definition) is 1. The third-order valence-corrected chi connectivity index (χ3v) is 3.24. The standard InChI is InChI=1S/C14H23N3O/c1-4-6-12(18-3)14-16-11(10-7-8-10)9-13(17-14)15-5-2/h9-10,12H,4-8H2,1-3H3,(H,15,16,17). The molecule has 1 aromatic rings. The van der Waals surface area contributed by atoms with Gasteiger partial charge in [-0.15, -0.1) is 0 Å². The van der Waals surface area contributed by atoms with E-state index in [0.29, 0.717) is 5.92 Å². The van der Waals surface area contributed by atoms with E-state index in [0.717, 1.165) is 31.0 Å². The second kappa shape index (κ2) is 6.14. The molecular weight excluding hydrogens is 226 g/mol. The number of nitrogens with one attached hydrogen (secondary N) is 1. The Morgan fingerprint density at radius 3 is 2.72 bits per heavy atom. The van der Waals surface area contributed by atoms with E-state index in [-0.39, 0.29) is 6.10 Å². The van der Waals surface area contributed by atoms with Crippen LogP contribution >= 0.6 is 0 Å². The molecule has 1 aliphatic carbocycles. The van der Waals surface area contributed by atoms with Crippen LogP contribution in [0.5, 0.6) is 0 Å². The third-order valence-electron chi connectivity index (χ3n) is 3.24. The van der Waals surface area contributed by atoms with Crippen molar-refractivity contribution in [1.29, 1.82) is 0 Å². The summed E-state index contributed by atoms with van der Waals surface area (Å²) in [5.41, 5.74) is 1.18. The highest BCUT2D eigenvalue weighted by molar-refractivity contribution is 5.38. The van der Waals surface area contributed by atoms with Gasteiger partial charge in [0.15, 0.2) is 5.82 Å². The molecule has 2 rings (SSSR count). The van der Waals surface area contributed by atoms with Crippen LogP contribution in [-0.2, 0) is 4.74 Å². The first-order valence-corrected chi connectivity index (χ1v) is 6.94. The van der Waals surface area contributed by atoms with Crippen molar-refractivity contribution in [1.82, 2.24) is 9.97 Å². The van der Waals surface area contributed by atoms with Crippen molar-refractivity contribution in [2.45, 2.75) is 51.6 Å². The van der Waals surface area contributed by atoms with Gasteiger partial charge in [0.1, 0.15) is 11.9 Å². The minimum Gasteiger partial charge on any atom is -0.373 e. The third kappa shape index (κ3) is 3.19. The molecule has 1 aliphatic rings. The van der Waals surface area contributed by atoms with E-state index in [2.05, 4.69) is 30.2 Å². The molecule has 1 aromatic heterocycles. The van der Waals surface area contributed by atoms with Crippen LogP contribution in [0, 0.1) is 0 Å². The molecule has 100 valence electrons. The van der Waals surface area contributed by atoms with Crippen molar-refractivity contribution in [2.24, 2.45) is 0 Å². The van der Waals surface area contributed by atoms with Gasteiger partial charge in [-0.05, 0) is 26.2 Å². The average molecular weight is 249 g/mol. The Hall–Kier alpha value is -1.16. The van der Waals surface area contributed by atoms with Crippen molar-refractivity contribution < 1.29 is 4.74 Å². The molecular formula is C14H23N3O. The first kappa shape index (κ1) is 13.3. The molecule has 1 heterocycles. The van der Waals surface area contributed by atoms with E-state index in [4.69, 9.17) is 9.72 Å². The zero-order valence-corrected chi connectivity index (χ0v) is 11.6. The fourth-order valence-electron chi connectivity index (χ4n) is 2.10. The van der Waals surface area contributed by atoms with Crippen LogP contribution < -0.4 is 5.32 Å². The predicted molar refractivity (Wildman–Crippen MR) is 72.8 cm³/mol. The fraction of sp³-hybridized carbons (Fsp3) is 0.714. The molecule has 0 amide bonds. The summed E-state index contributed by atoms with van der Waals surface area (Å²) in [5, 5.41) is 3.29. The van der Waals surface area contributed by atoms with Crippen molar-refractivity contribution >= 4 is 5.82 Å². The monoisotopic (exact) mass is 249 g/mol. The molecule has 1 atom stereocenters. The lowest BCUT2D eigenvalue weighted by molar-refractivity contribution is 0.0875. The smallest absolute Gasteiger partial charge is 0.159 e. The van der Waals surface area contributed by atoms with E-state index >= 15 is 0 Å². The van der Waals surface area contributed by atoms with Gasteiger partial charge in [0.05, 0.1) is 0 Å². The Bertz CT molecular complexity index is 391. The Morgan fingerprint density at radius 1 is 1.39 bits per heavy atom. The molecule has 0 aromatic carbocycles. The van der Waals surface area contributed by atoms with Gasteiger partial charge in [-0.2, -0.15) is 0 Å². The first-order valence-electron chi connectivity index (χ1n) is 6.94. The van der Waals surface area contributed by atoms with E-state index in [9.17, 15) is 0 Å². The summed E-state index contributed by atoms with van der Waals surface area (Å²) < 4.78 is 5.51. The minimum absolute atomic E-state index is 0.0195. The highest BCUT2D eigenvalue weighted by Crippen LogP contribution is 2.40. The molecule has 0 aliphatic heterocycles. The Labute approximate surface area is 109 Å². The number of nitrogens with zero attached hydrogens (tertiary/aromatic N) is 2. The summed E-state index contributed by atoms with van der Waals surface area (Å²) in [4.78, 5) is 9.27. The van der Waals surface area contributed by atoms with Crippen LogP contribution in [0.4, 0.5) is 5.82 Å². The van der Waals surface area contributed by atoms with Crippen LogP contribution in [-0.4, -0.2) is 23.6 Å². The lowest BCUT2D eigenvalue weighted by atomic mass is 10.2. The number of hydrogen-bond acceptors (Lipinski definition) is 4. The largest absolute Gasteiger partial charge is 0.373 e. The molecule has 4 heteroatoms. The van der Waals surface area contributed by atoms with Gasteiger partial charge in [-0.3, -0.25) is 0 Å². The zero-order valence-electron chi connectivity index (χ0n) is 11.6. The van der Waals surface area contributed by atoms with Crippen LogP contribution in [0.3, 0.4) is 0 Å². The molecule has 18 heavy (non-hydrogen) atoms. The van der Waals surface area contributed by atoms with Gasteiger partial charge >= 0.3 is 0 Å². The summed E-state index contributed by atoms with van der Waals surface area (Å²) >= 11 is 0. The summed E-state index contributed by atoms with van der Waals surface area (Å²) in [5.74, 6) is 2.41. The van der Waals surface area contributed by atoms with Crippen LogP contribution in [0.2, 0.25) is 0 Å². The van der Waals surface area contributed by atoms with Gasteiger partial charge < -0.3 is 10.1 Å². The van der Waals surface area contributed by atoms with Crippen LogP contribution in [0.1, 0.15) is 63.1 Å². The lowest BCUT2D eigenvalue weighted by Gasteiger charge is -2.15. The summed E-state index contributed by atoms with van der Waals surface area (Å²) in [7, 11) is 1.74. The Balaban J connectivity index is 2.26. The highest BCUT2D eigenvalue weighted by Gasteiger charge is 2.27. The average Bonchev–Trinajstić information content (AvgIpc) is 3.20. The second-order valence-corrected chi connectivity index (χ2v) is 4.85. The van der Waals surface area contributed by atoms with Gasteiger partial charge in [0.25, 0.3) is 0 Å². The number of rotatable bonds is 7. The quantitative estimate of drug-likeness (QED) is 0.805. The molecule has 1 saturated carbocycles. The Morgan fingerprint density at radius 2 is 2.17 bits per heavy atom. The number of aromatic nitrogens is 2. The molecule has 1 fully saturated rings. The fourth-order valence-corrected chi connectivity index (χ4v) is 2.10.